The van der Waals surface area contributed by atoms with Crippen molar-refractivity contribution < 1.29 is 19.0 Å². The average Bonchev–Trinajstić information content (AvgIpc) is 2.86. The number of hydrogen-bond donors (Lipinski definition) is 1. The molecule has 6 nitrogen and oxygen atoms in total. The maximum absolute atomic E-state index is 12.7. The van der Waals surface area contributed by atoms with Crippen molar-refractivity contribution in [3.8, 4) is 23.3 Å². The van der Waals surface area contributed by atoms with Crippen LogP contribution in [0.2, 0.25) is 10.0 Å². The second-order valence-corrected chi connectivity index (χ2v) is 9.00. The molecule has 0 aliphatic carbocycles. The van der Waals surface area contributed by atoms with Crippen molar-refractivity contribution in [2.45, 2.75) is 6.61 Å². The Morgan fingerprint density at radius 3 is 2.53 bits per heavy atom. The zero-order chi connectivity index (χ0) is 26.1. The summed E-state index contributed by atoms with van der Waals surface area (Å²) < 4.78 is 17.4. The third kappa shape index (κ3) is 7.28. The molecule has 3 aromatic carbocycles. The molecule has 36 heavy (non-hydrogen) atoms. The van der Waals surface area contributed by atoms with Gasteiger partial charge in [-0.05, 0) is 76.1 Å². The Morgan fingerprint density at radius 2 is 1.89 bits per heavy atom. The maximum Gasteiger partial charge on any atom is 0.266 e. The van der Waals surface area contributed by atoms with Crippen LogP contribution in [0.25, 0.3) is 6.08 Å². The summed E-state index contributed by atoms with van der Waals surface area (Å²) in [7, 11) is 1.51. The van der Waals surface area contributed by atoms with E-state index in [-0.39, 0.29) is 12.2 Å². The summed E-state index contributed by atoms with van der Waals surface area (Å²) in [5.74, 6) is 0.982. The first-order valence-corrected chi connectivity index (χ1v) is 12.1. The van der Waals surface area contributed by atoms with Crippen molar-refractivity contribution in [1.29, 1.82) is 5.26 Å². The molecule has 0 aliphatic rings. The number of anilines is 1. The first kappa shape index (κ1) is 27.2. The number of amides is 1. The molecule has 0 unspecified atom stereocenters. The standard InChI is InChI=1S/C27H21BrCl2N2O4/c1-3-10-35-26-23(28)12-17(13-25(26)34-2)11-19(15-31)27(33)32-21-6-8-22(9-7-21)36-16-18-4-5-20(29)14-24(18)30/h3-9,11-14H,1,10,16H2,2H3,(H,32,33)/b19-11+. The molecule has 9 heteroatoms. The van der Waals surface area contributed by atoms with Gasteiger partial charge < -0.3 is 19.5 Å². The van der Waals surface area contributed by atoms with Crippen molar-refractivity contribution in [2.75, 3.05) is 19.0 Å². The van der Waals surface area contributed by atoms with Gasteiger partial charge in [-0.3, -0.25) is 4.79 Å². The summed E-state index contributed by atoms with van der Waals surface area (Å²) in [5, 5.41) is 13.4. The average molecular weight is 588 g/mol. The van der Waals surface area contributed by atoms with Gasteiger partial charge in [-0.25, -0.2) is 0 Å². The second-order valence-electron chi connectivity index (χ2n) is 7.31. The Labute approximate surface area is 227 Å². The van der Waals surface area contributed by atoms with Gasteiger partial charge in [0.15, 0.2) is 11.5 Å². The van der Waals surface area contributed by atoms with Crippen molar-refractivity contribution in [1.82, 2.24) is 0 Å². The first-order valence-electron chi connectivity index (χ1n) is 10.6. The van der Waals surface area contributed by atoms with Gasteiger partial charge in [0, 0.05) is 21.3 Å². The highest BCUT2D eigenvalue weighted by atomic mass is 79.9. The van der Waals surface area contributed by atoms with E-state index < -0.39 is 5.91 Å². The molecule has 0 atom stereocenters. The van der Waals surface area contributed by atoms with E-state index in [1.54, 1.807) is 60.7 Å². The molecular formula is C27H21BrCl2N2O4. The third-order valence-corrected chi connectivity index (χ3v) is 5.97. The van der Waals surface area contributed by atoms with Crippen LogP contribution in [0.4, 0.5) is 5.69 Å². The van der Waals surface area contributed by atoms with Crippen LogP contribution >= 0.6 is 39.1 Å². The Hall–Kier alpha value is -3.44. The molecule has 1 amide bonds. The van der Waals surface area contributed by atoms with Gasteiger partial charge in [-0.2, -0.15) is 5.26 Å². The van der Waals surface area contributed by atoms with Gasteiger partial charge in [0.1, 0.15) is 30.6 Å². The summed E-state index contributed by atoms with van der Waals surface area (Å²) in [6, 6.07) is 17.3. The number of methoxy groups -OCH3 is 1. The smallest absolute Gasteiger partial charge is 0.266 e. The maximum atomic E-state index is 12.7. The Morgan fingerprint density at radius 1 is 1.14 bits per heavy atom. The van der Waals surface area contributed by atoms with E-state index in [9.17, 15) is 10.1 Å². The van der Waals surface area contributed by atoms with Crippen molar-refractivity contribution >= 4 is 56.8 Å². The number of nitriles is 1. The monoisotopic (exact) mass is 586 g/mol. The lowest BCUT2D eigenvalue weighted by molar-refractivity contribution is -0.112. The van der Waals surface area contributed by atoms with Crippen LogP contribution in [0.5, 0.6) is 17.2 Å². The number of benzene rings is 3. The first-order chi connectivity index (χ1) is 17.3. The lowest BCUT2D eigenvalue weighted by Gasteiger charge is -2.12. The fraction of sp³-hybridized carbons (Fsp3) is 0.111. The highest BCUT2D eigenvalue weighted by molar-refractivity contribution is 9.10. The fourth-order valence-corrected chi connectivity index (χ4v) is 4.09. The quantitative estimate of drug-likeness (QED) is 0.151. The summed E-state index contributed by atoms with van der Waals surface area (Å²) >= 11 is 15.5. The van der Waals surface area contributed by atoms with Crippen LogP contribution in [0.15, 0.2) is 77.3 Å². The van der Waals surface area contributed by atoms with Crippen molar-refractivity contribution in [2.24, 2.45) is 0 Å². The van der Waals surface area contributed by atoms with E-state index in [0.29, 0.717) is 49.6 Å². The number of carbonyl (C=O) groups excluding carboxylic acids is 1. The van der Waals surface area contributed by atoms with Gasteiger partial charge in [-0.15, -0.1) is 0 Å². The fourth-order valence-electron chi connectivity index (χ4n) is 3.05. The molecule has 3 rings (SSSR count). The summed E-state index contributed by atoms with van der Waals surface area (Å²) in [4.78, 5) is 12.7. The predicted molar refractivity (Wildman–Crippen MR) is 146 cm³/mol. The van der Waals surface area contributed by atoms with Crippen molar-refractivity contribution in [3.63, 3.8) is 0 Å². The minimum atomic E-state index is -0.554. The molecular weight excluding hydrogens is 567 g/mol. The van der Waals surface area contributed by atoms with E-state index in [0.717, 1.165) is 5.56 Å². The van der Waals surface area contributed by atoms with E-state index in [4.69, 9.17) is 37.4 Å². The van der Waals surface area contributed by atoms with Crippen LogP contribution in [-0.2, 0) is 11.4 Å². The highest BCUT2D eigenvalue weighted by Gasteiger charge is 2.14. The van der Waals surface area contributed by atoms with E-state index >= 15 is 0 Å². The van der Waals surface area contributed by atoms with Gasteiger partial charge in [0.2, 0.25) is 0 Å². The molecule has 0 fully saturated rings. The van der Waals surface area contributed by atoms with Crippen LogP contribution in [0.1, 0.15) is 11.1 Å². The number of nitrogens with one attached hydrogen (secondary N) is 1. The predicted octanol–water partition coefficient (Wildman–Crippen LogP) is 7.45. The van der Waals surface area contributed by atoms with Crippen LogP contribution < -0.4 is 19.5 Å². The van der Waals surface area contributed by atoms with Gasteiger partial charge >= 0.3 is 0 Å². The Kier molecular flexibility index (Phi) is 9.83. The molecule has 1 N–H and O–H groups in total. The van der Waals surface area contributed by atoms with Crippen LogP contribution in [0, 0.1) is 11.3 Å². The largest absolute Gasteiger partial charge is 0.493 e. The molecule has 0 radical (unpaired) electrons. The second kappa shape index (κ2) is 13.0. The number of hydrogen-bond acceptors (Lipinski definition) is 5. The molecule has 184 valence electrons. The van der Waals surface area contributed by atoms with E-state index in [2.05, 4.69) is 27.8 Å². The van der Waals surface area contributed by atoms with Crippen molar-refractivity contribution in [3.05, 3.63) is 98.5 Å². The Balaban J connectivity index is 1.68. The molecule has 0 aliphatic heterocycles. The topological polar surface area (TPSA) is 80.6 Å². The van der Waals surface area contributed by atoms with Gasteiger partial charge in [0.25, 0.3) is 5.91 Å². The number of carbonyl (C=O) groups is 1. The van der Waals surface area contributed by atoms with E-state index in [1.807, 2.05) is 6.07 Å². The number of nitrogens with zero attached hydrogens (tertiary/aromatic N) is 1. The van der Waals surface area contributed by atoms with Crippen LogP contribution in [-0.4, -0.2) is 19.6 Å². The lowest BCUT2D eigenvalue weighted by atomic mass is 10.1. The normalized spacial score (nSPS) is 10.8. The van der Waals surface area contributed by atoms with Crippen LogP contribution in [0.3, 0.4) is 0 Å². The van der Waals surface area contributed by atoms with Gasteiger partial charge in [0.05, 0.1) is 11.6 Å². The third-order valence-electron chi connectivity index (χ3n) is 4.80. The molecule has 0 spiro atoms. The molecule has 0 saturated carbocycles. The molecule has 0 aromatic heterocycles. The summed E-state index contributed by atoms with van der Waals surface area (Å²) in [6.45, 7) is 4.19. The minimum absolute atomic E-state index is 0.0820. The Bertz CT molecular complexity index is 1330. The van der Waals surface area contributed by atoms with Gasteiger partial charge in [-0.1, -0.05) is 41.9 Å². The molecule has 0 saturated heterocycles. The SMILES string of the molecule is C=CCOc1c(Br)cc(/C=C(\C#N)C(=O)Nc2ccc(OCc3ccc(Cl)cc3Cl)cc2)cc1OC. The zero-order valence-electron chi connectivity index (χ0n) is 19.2. The summed E-state index contributed by atoms with van der Waals surface area (Å²) in [6.07, 6.45) is 3.08. The highest BCUT2D eigenvalue weighted by Crippen LogP contribution is 2.37. The minimum Gasteiger partial charge on any atom is -0.493 e. The lowest BCUT2D eigenvalue weighted by Crippen LogP contribution is -2.13. The number of halogens is 3. The summed E-state index contributed by atoms with van der Waals surface area (Å²) in [5.41, 5.74) is 1.80. The number of ether oxygens (including phenoxy) is 3. The molecule has 0 heterocycles. The zero-order valence-corrected chi connectivity index (χ0v) is 22.3. The molecule has 0 bridgehead atoms. The molecule has 3 aromatic rings. The number of rotatable bonds is 10. The van der Waals surface area contributed by atoms with E-state index in [1.165, 1.54) is 13.2 Å².